The van der Waals surface area contributed by atoms with Gasteiger partial charge in [-0.2, -0.15) is 0 Å². The van der Waals surface area contributed by atoms with Crippen molar-refractivity contribution < 1.29 is 4.79 Å². The van der Waals surface area contributed by atoms with Gasteiger partial charge in [0.05, 0.1) is 0 Å². The van der Waals surface area contributed by atoms with Crippen LogP contribution in [0.1, 0.15) is 63.7 Å². The summed E-state index contributed by atoms with van der Waals surface area (Å²) >= 11 is 0. The van der Waals surface area contributed by atoms with E-state index in [0.29, 0.717) is 0 Å². The van der Waals surface area contributed by atoms with Crippen LogP contribution in [0.4, 0.5) is 5.69 Å². The molecule has 2 fully saturated rings. The van der Waals surface area contributed by atoms with Gasteiger partial charge in [-0.15, -0.1) is 0 Å². The lowest BCUT2D eigenvalue weighted by atomic mass is 9.85. The Hall–Kier alpha value is -1.35. The molecule has 3 heteroatoms. The molecule has 0 atom stereocenters. The Bertz CT molecular complexity index is 577. The van der Waals surface area contributed by atoms with E-state index in [1.807, 2.05) is 26.0 Å². The van der Waals surface area contributed by atoms with Crippen molar-refractivity contribution in [3.8, 4) is 0 Å². The van der Waals surface area contributed by atoms with E-state index in [9.17, 15) is 4.79 Å². The van der Waals surface area contributed by atoms with E-state index in [1.165, 1.54) is 44.5 Å². The summed E-state index contributed by atoms with van der Waals surface area (Å²) in [7, 11) is 0. The highest BCUT2D eigenvalue weighted by molar-refractivity contribution is 5.97. The number of carbonyl (C=O) groups excluding carboxylic acids is 1. The molecule has 0 unspecified atom stereocenters. The van der Waals surface area contributed by atoms with Crippen molar-refractivity contribution >= 4 is 11.5 Å². The van der Waals surface area contributed by atoms with Crippen LogP contribution in [0.15, 0.2) is 24.3 Å². The molecular weight excluding hydrogens is 320 g/mol. The first kappa shape index (κ1) is 19.4. The first-order valence-corrected chi connectivity index (χ1v) is 10.6. The van der Waals surface area contributed by atoms with Crippen LogP contribution in [0.3, 0.4) is 0 Å². The van der Waals surface area contributed by atoms with Crippen LogP contribution in [-0.4, -0.2) is 42.9 Å². The van der Waals surface area contributed by atoms with Crippen molar-refractivity contribution in [3.63, 3.8) is 0 Å². The minimum Gasteiger partial charge on any atom is -0.371 e. The van der Waals surface area contributed by atoms with Gasteiger partial charge >= 0.3 is 0 Å². The molecule has 0 N–H and O–H groups in total. The van der Waals surface area contributed by atoms with E-state index < -0.39 is 0 Å². The minimum atomic E-state index is 0.0661. The van der Waals surface area contributed by atoms with E-state index in [-0.39, 0.29) is 11.7 Å². The lowest BCUT2D eigenvalue weighted by molar-refractivity contribution is 0.0939. The second kappa shape index (κ2) is 8.56. The van der Waals surface area contributed by atoms with Gasteiger partial charge < -0.3 is 9.80 Å². The van der Waals surface area contributed by atoms with Crippen molar-refractivity contribution in [2.75, 3.05) is 31.1 Å². The number of ketones is 1. The molecule has 1 aromatic carbocycles. The number of Topliss-reactive ketones (excluding diaryl/α,β-unsaturated/α-hetero) is 1. The monoisotopic (exact) mass is 356 g/mol. The van der Waals surface area contributed by atoms with Gasteiger partial charge in [0.15, 0.2) is 5.78 Å². The van der Waals surface area contributed by atoms with Crippen LogP contribution < -0.4 is 4.90 Å². The molecule has 0 spiro atoms. The van der Waals surface area contributed by atoms with E-state index >= 15 is 0 Å². The highest BCUT2D eigenvalue weighted by atomic mass is 16.1. The SMILES string of the molecule is CC(C)C(=O)c1ccc(N2CCC(N3CCC(C(C)C)CC3)CC2)cc1. The number of hydrogen-bond acceptors (Lipinski definition) is 3. The van der Waals surface area contributed by atoms with Gasteiger partial charge in [0, 0.05) is 36.3 Å². The summed E-state index contributed by atoms with van der Waals surface area (Å²) in [5.41, 5.74) is 2.11. The van der Waals surface area contributed by atoms with Crippen molar-refractivity contribution in [3.05, 3.63) is 29.8 Å². The zero-order valence-electron chi connectivity index (χ0n) is 17.1. The quantitative estimate of drug-likeness (QED) is 0.704. The first-order chi connectivity index (χ1) is 12.5. The van der Waals surface area contributed by atoms with E-state index in [2.05, 4.69) is 35.8 Å². The summed E-state index contributed by atoms with van der Waals surface area (Å²) in [5.74, 6) is 2.07. The highest BCUT2D eigenvalue weighted by Gasteiger charge is 2.29. The molecule has 0 amide bonds. The van der Waals surface area contributed by atoms with Crippen LogP contribution in [0.2, 0.25) is 0 Å². The Morgan fingerprint density at radius 2 is 1.46 bits per heavy atom. The molecule has 2 aliphatic rings. The lowest BCUT2D eigenvalue weighted by Gasteiger charge is -2.43. The second-order valence-corrected chi connectivity index (χ2v) is 8.90. The Kier molecular flexibility index (Phi) is 6.39. The number of nitrogens with zero attached hydrogens (tertiary/aromatic N) is 2. The number of benzene rings is 1. The molecule has 0 saturated carbocycles. The van der Waals surface area contributed by atoms with Crippen LogP contribution in [-0.2, 0) is 0 Å². The largest absolute Gasteiger partial charge is 0.371 e. The van der Waals surface area contributed by atoms with Gasteiger partial charge in [-0.25, -0.2) is 0 Å². The number of hydrogen-bond donors (Lipinski definition) is 0. The average molecular weight is 357 g/mol. The van der Waals surface area contributed by atoms with Crippen molar-refractivity contribution in [1.29, 1.82) is 0 Å². The maximum atomic E-state index is 12.1. The van der Waals surface area contributed by atoms with Gasteiger partial charge in [0.2, 0.25) is 0 Å². The maximum absolute atomic E-state index is 12.1. The predicted octanol–water partition coefficient (Wildman–Crippen LogP) is 4.86. The molecule has 26 heavy (non-hydrogen) atoms. The Morgan fingerprint density at radius 3 is 1.96 bits per heavy atom. The van der Waals surface area contributed by atoms with Crippen molar-refractivity contribution in [1.82, 2.24) is 4.90 Å². The fourth-order valence-electron chi connectivity index (χ4n) is 4.61. The number of piperidine rings is 2. The highest BCUT2D eigenvalue weighted by Crippen LogP contribution is 2.29. The van der Waals surface area contributed by atoms with Gasteiger partial charge in [0.1, 0.15) is 0 Å². The summed E-state index contributed by atoms with van der Waals surface area (Å²) in [6, 6.07) is 9.02. The summed E-state index contributed by atoms with van der Waals surface area (Å²) in [6.07, 6.45) is 5.28. The molecule has 2 aliphatic heterocycles. The molecule has 1 aromatic rings. The lowest BCUT2D eigenvalue weighted by Crippen LogP contribution is -2.48. The molecule has 3 nitrogen and oxygen atoms in total. The molecule has 2 saturated heterocycles. The standard InChI is InChI=1S/C23H36N2O/c1-17(2)19-9-13-24(14-10-19)22-11-15-25(16-12-22)21-7-5-20(6-8-21)23(26)18(3)4/h5-8,17-19,22H,9-16H2,1-4H3. The molecule has 144 valence electrons. The molecule has 0 bridgehead atoms. The van der Waals surface area contributed by atoms with E-state index in [0.717, 1.165) is 36.5 Å². The third-order valence-corrected chi connectivity index (χ3v) is 6.54. The predicted molar refractivity (Wildman–Crippen MR) is 110 cm³/mol. The zero-order valence-corrected chi connectivity index (χ0v) is 17.1. The molecule has 3 rings (SSSR count). The van der Waals surface area contributed by atoms with E-state index in [4.69, 9.17) is 0 Å². The number of rotatable bonds is 5. The topological polar surface area (TPSA) is 23.6 Å². The molecular formula is C23H36N2O. The van der Waals surface area contributed by atoms with Crippen LogP contribution in [0, 0.1) is 17.8 Å². The Labute approximate surface area is 159 Å². The normalized spacial score (nSPS) is 20.9. The maximum Gasteiger partial charge on any atom is 0.165 e. The zero-order chi connectivity index (χ0) is 18.7. The summed E-state index contributed by atoms with van der Waals surface area (Å²) in [5, 5.41) is 0. The van der Waals surface area contributed by atoms with Crippen LogP contribution in [0.5, 0.6) is 0 Å². The Morgan fingerprint density at radius 1 is 0.885 bits per heavy atom. The summed E-state index contributed by atoms with van der Waals surface area (Å²) in [6.45, 7) is 13.5. The van der Waals surface area contributed by atoms with Gasteiger partial charge in [-0.3, -0.25) is 4.79 Å². The Balaban J connectivity index is 1.50. The number of likely N-dealkylation sites (tertiary alicyclic amines) is 1. The van der Waals surface area contributed by atoms with E-state index in [1.54, 1.807) is 0 Å². The molecule has 2 heterocycles. The summed E-state index contributed by atoms with van der Waals surface area (Å²) in [4.78, 5) is 17.3. The van der Waals surface area contributed by atoms with Crippen LogP contribution >= 0.6 is 0 Å². The van der Waals surface area contributed by atoms with Crippen LogP contribution in [0.25, 0.3) is 0 Å². The average Bonchev–Trinajstić information content (AvgIpc) is 2.67. The van der Waals surface area contributed by atoms with Gasteiger partial charge in [-0.1, -0.05) is 27.7 Å². The third-order valence-electron chi connectivity index (χ3n) is 6.54. The minimum absolute atomic E-state index is 0.0661. The first-order valence-electron chi connectivity index (χ1n) is 10.6. The summed E-state index contributed by atoms with van der Waals surface area (Å²) < 4.78 is 0. The van der Waals surface area contributed by atoms with Crippen molar-refractivity contribution in [2.45, 2.75) is 59.4 Å². The number of anilines is 1. The second-order valence-electron chi connectivity index (χ2n) is 8.90. The fourth-order valence-corrected chi connectivity index (χ4v) is 4.61. The molecule has 0 aromatic heterocycles. The van der Waals surface area contributed by atoms with Gasteiger partial charge in [0.25, 0.3) is 0 Å². The number of carbonyl (C=O) groups is 1. The smallest absolute Gasteiger partial charge is 0.165 e. The van der Waals surface area contributed by atoms with Gasteiger partial charge in [-0.05, 0) is 74.9 Å². The van der Waals surface area contributed by atoms with Crippen molar-refractivity contribution in [2.24, 2.45) is 17.8 Å². The molecule has 0 aliphatic carbocycles. The fraction of sp³-hybridized carbons (Fsp3) is 0.696. The molecule has 0 radical (unpaired) electrons. The third kappa shape index (κ3) is 4.49.